The molecule has 0 aliphatic heterocycles. The van der Waals surface area contributed by atoms with Gasteiger partial charge in [-0.05, 0) is 30.2 Å². The normalized spacial score (nSPS) is 28.5. The molecule has 1 aliphatic carbocycles. The molecule has 1 saturated carbocycles. The molecule has 5 nitrogen and oxygen atoms in total. The highest BCUT2D eigenvalue weighted by molar-refractivity contribution is 5.71. The van der Waals surface area contributed by atoms with Crippen molar-refractivity contribution >= 4 is 5.97 Å². The topological polar surface area (TPSA) is 67.2 Å². The van der Waals surface area contributed by atoms with Gasteiger partial charge in [0, 0.05) is 37.9 Å². The fraction of sp³-hybridized carbons (Fsp3) is 0.750. The largest absolute Gasteiger partial charge is 0.481 e. The summed E-state index contributed by atoms with van der Waals surface area (Å²) >= 11 is 0. The lowest BCUT2D eigenvalue weighted by atomic mass is 9.61. The molecule has 2 rings (SSSR count). The Kier molecular flexibility index (Phi) is 4.71. The lowest BCUT2D eigenvalue weighted by Crippen LogP contribution is -2.51. The predicted molar refractivity (Wildman–Crippen MR) is 82.0 cm³/mol. The number of nitrogens with one attached hydrogen (secondary N) is 1. The molecular weight excluding hydrogens is 266 g/mol. The summed E-state index contributed by atoms with van der Waals surface area (Å²) in [6, 6.07) is 2.43. The van der Waals surface area contributed by atoms with Gasteiger partial charge >= 0.3 is 5.97 Å². The third-order valence-electron chi connectivity index (χ3n) is 5.45. The van der Waals surface area contributed by atoms with Crippen LogP contribution in [0.15, 0.2) is 12.3 Å². The van der Waals surface area contributed by atoms with Crippen LogP contribution in [-0.2, 0) is 18.3 Å². The summed E-state index contributed by atoms with van der Waals surface area (Å²) in [5.41, 5.74) is 1.04. The number of aliphatic carboxylic acids is 1. The van der Waals surface area contributed by atoms with Gasteiger partial charge in [0.1, 0.15) is 0 Å². The van der Waals surface area contributed by atoms with Gasteiger partial charge in [0.05, 0.1) is 5.92 Å². The summed E-state index contributed by atoms with van der Waals surface area (Å²) in [7, 11) is 1.96. The van der Waals surface area contributed by atoms with Crippen LogP contribution in [0, 0.1) is 17.3 Å². The van der Waals surface area contributed by atoms with E-state index in [1.807, 2.05) is 24.0 Å². The molecule has 2 N–H and O–H groups in total. The lowest BCUT2D eigenvalue weighted by Gasteiger charge is -2.46. The van der Waals surface area contributed by atoms with Gasteiger partial charge in [-0.3, -0.25) is 9.48 Å². The maximum atomic E-state index is 11.4. The van der Waals surface area contributed by atoms with Gasteiger partial charge in [-0.1, -0.05) is 20.8 Å². The summed E-state index contributed by atoms with van der Waals surface area (Å²) in [5, 5.41) is 17.2. The second kappa shape index (κ2) is 6.18. The van der Waals surface area contributed by atoms with Crippen LogP contribution in [0.1, 0.15) is 39.3 Å². The first kappa shape index (κ1) is 16.0. The Bertz CT molecular complexity index is 495. The summed E-state index contributed by atoms with van der Waals surface area (Å²) in [6.07, 6.45) is 4.46. The van der Waals surface area contributed by atoms with E-state index in [-0.39, 0.29) is 11.3 Å². The highest BCUT2D eigenvalue weighted by Crippen LogP contribution is 2.45. The monoisotopic (exact) mass is 293 g/mol. The summed E-state index contributed by atoms with van der Waals surface area (Å²) < 4.78 is 1.90. The summed E-state index contributed by atoms with van der Waals surface area (Å²) in [6.45, 7) is 7.26. The van der Waals surface area contributed by atoms with E-state index < -0.39 is 5.97 Å². The van der Waals surface area contributed by atoms with Crippen molar-refractivity contribution in [1.82, 2.24) is 15.1 Å². The highest BCUT2D eigenvalue weighted by Gasteiger charge is 2.45. The molecule has 3 atom stereocenters. The Morgan fingerprint density at radius 1 is 1.52 bits per heavy atom. The molecule has 21 heavy (non-hydrogen) atoms. The number of nitrogens with zero attached hydrogens (tertiary/aromatic N) is 2. The van der Waals surface area contributed by atoms with Gasteiger partial charge in [-0.2, -0.15) is 5.10 Å². The quantitative estimate of drug-likeness (QED) is 0.872. The van der Waals surface area contributed by atoms with Crippen LogP contribution in [-0.4, -0.2) is 33.4 Å². The molecular formula is C16H27N3O2. The first-order chi connectivity index (χ1) is 9.84. The summed E-state index contributed by atoms with van der Waals surface area (Å²) in [5.74, 6) is -0.540. The van der Waals surface area contributed by atoms with Crippen LogP contribution >= 0.6 is 0 Å². The van der Waals surface area contributed by atoms with Gasteiger partial charge in [0.15, 0.2) is 0 Å². The number of aromatic nitrogens is 2. The molecule has 1 aromatic rings. The number of carbonyl (C=O) groups is 1. The number of carboxylic acids is 1. The fourth-order valence-corrected chi connectivity index (χ4v) is 3.56. The van der Waals surface area contributed by atoms with E-state index in [0.717, 1.165) is 25.8 Å². The number of hydrogen-bond acceptors (Lipinski definition) is 3. The van der Waals surface area contributed by atoms with Crippen molar-refractivity contribution in [2.24, 2.45) is 24.3 Å². The van der Waals surface area contributed by atoms with E-state index in [1.54, 1.807) is 0 Å². The zero-order valence-corrected chi connectivity index (χ0v) is 13.5. The Balaban J connectivity index is 1.90. The number of rotatable bonds is 5. The molecule has 0 amide bonds. The average molecular weight is 293 g/mol. The molecule has 0 spiro atoms. The maximum Gasteiger partial charge on any atom is 0.307 e. The van der Waals surface area contributed by atoms with Crippen LogP contribution in [0.4, 0.5) is 0 Å². The number of aryl methyl sites for hydroxylation is 1. The molecule has 0 bridgehead atoms. The smallest absolute Gasteiger partial charge is 0.307 e. The van der Waals surface area contributed by atoms with Crippen LogP contribution in [0.2, 0.25) is 0 Å². The predicted octanol–water partition coefficient (Wildman–Crippen LogP) is 2.08. The Morgan fingerprint density at radius 3 is 2.81 bits per heavy atom. The van der Waals surface area contributed by atoms with Crippen molar-refractivity contribution < 1.29 is 9.90 Å². The summed E-state index contributed by atoms with van der Waals surface area (Å²) in [4.78, 5) is 11.4. The minimum Gasteiger partial charge on any atom is -0.481 e. The zero-order valence-electron chi connectivity index (χ0n) is 13.5. The SMILES string of the molecule is CC1C(NCCc2ccnn2C)CCC(C(=O)O)C1(C)C. The zero-order chi connectivity index (χ0) is 15.6. The molecule has 0 aromatic carbocycles. The van der Waals surface area contributed by atoms with Gasteiger partial charge in [-0.25, -0.2) is 0 Å². The van der Waals surface area contributed by atoms with Crippen molar-refractivity contribution in [3.63, 3.8) is 0 Å². The van der Waals surface area contributed by atoms with Crippen LogP contribution in [0.25, 0.3) is 0 Å². The Hall–Kier alpha value is -1.36. The Labute approximate surface area is 126 Å². The van der Waals surface area contributed by atoms with Crippen molar-refractivity contribution in [3.05, 3.63) is 18.0 Å². The van der Waals surface area contributed by atoms with E-state index >= 15 is 0 Å². The lowest BCUT2D eigenvalue weighted by molar-refractivity contribution is -0.150. The second-order valence-electron chi connectivity index (χ2n) is 6.83. The van der Waals surface area contributed by atoms with Crippen LogP contribution < -0.4 is 5.32 Å². The van der Waals surface area contributed by atoms with E-state index in [1.165, 1.54) is 5.69 Å². The average Bonchev–Trinajstić information content (AvgIpc) is 2.80. The molecule has 1 heterocycles. The van der Waals surface area contributed by atoms with E-state index in [2.05, 4.69) is 31.2 Å². The molecule has 1 fully saturated rings. The van der Waals surface area contributed by atoms with E-state index in [0.29, 0.717) is 12.0 Å². The number of hydrogen-bond donors (Lipinski definition) is 2. The molecule has 5 heteroatoms. The van der Waals surface area contributed by atoms with Gasteiger partial charge < -0.3 is 10.4 Å². The van der Waals surface area contributed by atoms with Crippen molar-refractivity contribution in [3.8, 4) is 0 Å². The first-order valence-corrected chi connectivity index (χ1v) is 7.77. The second-order valence-corrected chi connectivity index (χ2v) is 6.83. The van der Waals surface area contributed by atoms with Crippen LogP contribution in [0.3, 0.4) is 0 Å². The standard InChI is InChI=1S/C16H27N3O2/c1-11-14(6-5-13(15(20)21)16(11,2)3)17-9-7-12-8-10-18-19(12)4/h8,10-11,13-14,17H,5-7,9H2,1-4H3,(H,20,21). The van der Waals surface area contributed by atoms with Crippen molar-refractivity contribution in [1.29, 1.82) is 0 Å². The molecule has 118 valence electrons. The third-order valence-corrected chi connectivity index (χ3v) is 5.45. The van der Waals surface area contributed by atoms with Crippen LogP contribution in [0.5, 0.6) is 0 Å². The van der Waals surface area contributed by atoms with E-state index in [4.69, 9.17) is 0 Å². The van der Waals surface area contributed by atoms with Gasteiger partial charge in [0.2, 0.25) is 0 Å². The molecule has 3 unspecified atom stereocenters. The minimum atomic E-state index is -0.653. The van der Waals surface area contributed by atoms with E-state index in [9.17, 15) is 9.90 Å². The third kappa shape index (κ3) is 3.28. The van der Waals surface area contributed by atoms with Gasteiger partial charge in [0.25, 0.3) is 0 Å². The molecule has 0 saturated heterocycles. The van der Waals surface area contributed by atoms with Gasteiger partial charge in [-0.15, -0.1) is 0 Å². The molecule has 0 radical (unpaired) electrons. The van der Waals surface area contributed by atoms with Crippen molar-refractivity contribution in [2.45, 2.75) is 46.1 Å². The fourth-order valence-electron chi connectivity index (χ4n) is 3.56. The maximum absolute atomic E-state index is 11.4. The van der Waals surface area contributed by atoms with Crippen molar-refractivity contribution in [2.75, 3.05) is 6.54 Å². The first-order valence-electron chi connectivity index (χ1n) is 7.77. The molecule has 1 aliphatic rings. The molecule has 1 aromatic heterocycles. The number of carboxylic acid groups (broad SMARTS) is 1. The minimum absolute atomic E-state index is 0.172. The Morgan fingerprint density at radius 2 is 2.24 bits per heavy atom. The highest BCUT2D eigenvalue weighted by atomic mass is 16.4.